The summed E-state index contributed by atoms with van der Waals surface area (Å²) < 4.78 is 26.2. The number of nitrogens with zero attached hydrogens (tertiary/aromatic N) is 3. The molecule has 6 nitrogen and oxygen atoms in total. The molecule has 5 rings (SSSR count). The van der Waals surface area contributed by atoms with Crippen molar-refractivity contribution in [2.24, 2.45) is 0 Å². The van der Waals surface area contributed by atoms with E-state index >= 15 is 0 Å². The molecule has 0 spiro atoms. The molecule has 1 amide bonds. The van der Waals surface area contributed by atoms with E-state index in [0.29, 0.717) is 11.0 Å². The van der Waals surface area contributed by atoms with Gasteiger partial charge in [-0.2, -0.15) is 0 Å². The predicted octanol–water partition coefficient (Wildman–Crippen LogP) is 4.27. The Labute approximate surface area is 178 Å². The smallest absolute Gasteiger partial charge is 0.251 e. The van der Waals surface area contributed by atoms with Crippen LogP contribution in [0.2, 0.25) is 0 Å². The zero-order valence-corrected chi connectivity index (χ0v) is 17.7. The van der Waals surface area contributed by atoms with Crippen molar-refractivity contribution in [3.8, 4) is 0 Å². The van der Waals surface area contributed by atoms with Crippen molar-refractivity contribution in [2.45, 2.75) is 21.5 Å². The van der Waals surface area contributed by atoms with Crippen LogP contribution in [0.5, 0.6) is 0 Å². The Morgan fingerprint density at radius 2 is 1.47 bits per heavy atom. The number of anilines is 2. The van der Waals surface area contributed by atoms with Gasteiger partial charge in [0.1, 0.15) is 6.54 Å². The SMILES string of the molecule is CS(=O)(=O)c1nc2ccccc2n1CC(=O)N1c2ccccc2Sc2ccccc21. The van der Waals surface area contributed by atoms with E-state index in [1.807, 2.05) is 48.5 Å². The Balaban J connectivity index is 1.64. The van der Waals surface area contributed by atoms with Crippen LogP contribution in [0.15, 0.2) is 87.7 Å². The average molecular weight is 436 g/mol. The van der Waals surface area contributed by atoms with Gasteiger partial charge in [-0.05, 0) is 36.4 Å². The molecule has 4 aromatic rings. The van der Waals surface area contributed by atoms with Crippen molar-refractivity contribution < 1.29 is 13.2 Å². The lowest BCUT2D eigenvalue weighted by molar-refractivity contribution is -0.118. The molecule has 1 aliphatic heterocycles. The monoisotopic (exact) mass is 435 g/mol. The molecule has 0 atom stereocenters. The van der Waals surface area contributed by atoms with Gasteiger partial charge < -0.3 is 4.57 Å². The molecule has 8 heteroatoms. The van der Waals surface area contributed by atoms with Gasteiger partial charge in [0.05, 0.1) is 22.4 Å². The van der Waals surface area contributed by atoms with E-state index in [-0.39, 0.29) is 17.6 Å². The van der Waals surface area contributed by atoms with Crippen LogP contribution in [0.1, 0.15) is 0 Å². The average Bonchev–Trinajstić information content (AvgIpc) is 3.11. The molecule has 0 fully saturated rings. The van der Waals surface area contributed by atoms with E-state index in [4.69, 9.17) is 0 Å². The highest BCUT2D eigenvalue weighted by atomic mass is 32.2. The van der Waals surface area contributed by atoms with E-state index < -0.39 is 9.84 Å². The first kappa shape index (κ1) is 18.9. The normalized spacial score (nSPS) is 13.2. The van der Waals surface area contributed by atoms with Gasteiger partial charge in [0.2, 0.25) is 15.0 Å². The number of hydrogen-bond acceptors (Lipinski definition) is 5. The van der Waals surface area contributed by atoms with Crippen LogP contribution in [0.4, 0.5) is 11.4 Å². The van der Waals surface area contributed by atoms with Crippen LogP contribution in [0.25, 0.3) is 11.0 Å². The quantitative estimate of drug-likeness (QED) is 0.481. The molecule has 30 heavy (non-hydrogen) atoms. The molecule has 0 bridgehead atoms. The second kappa shape index (κ2) is 7.00. The minimum Gasteiger partial charge on any atom is -0.305 e. The van der Waals surface area contributed by atoms with E-state index in [0.717, 1.165) is 27.4 Å². The molecule has 0 saturated carbocycles. The summed E-state index contributed by atoms with van der Waals surface area (Å²) in [5.74, 6) is -0.233. The fraction of sp³-hybridized carbons (Fsp3) is 0.0909. The maximum atomic E-state index is 13.6. The number of benzene rings is 3. The summed E-state index contributed by atoms with van der Waals surface area (Å²) in [6.07, 6.45) is 1.11. The predicted molar refractivity (Wildman–Crippen MR) is 117 cm³/mol. The van der Waals surface area contributed by atoms with Crippen molar-refractivity contribution in [2.75, 3.05) is 11.2 Å². The number of para-hydroxylation sites is 4. The van der Waals surface area contributed by atoms with Gasteiger partial charge in [-0.3, -0.25) is 9.69 Å². The summed E-state index contributed by atoms with van der Waals surface area (Å²) in [5.41, 5.74) is 2.73. The molecule has 150 valence electrons. The molecule has 0 radical (unpaired) electrons. The largest absolute Gasteiger partial charge is 0.305 e. The lowest BCUT2D eigenvalue weighted by Crippen LogP contribution is -2.32. The zero-order chi connectivity index (χ0) is 20.9. The number of aromatic nitrogens is 2. The summed E-state index contributed by atoms with van der Waals surface area (Å²) in [7, 11) is -3.62. The Morgan fingerprint density at radius 3 is 2.10 bits per heavy atom. The second-order valence-corrected chi connectivity index (χ2v) is 10.0. The molecule has 1 aliphatic rings. The number of fused-ring (bicyclic) bond motifs is 3. The first-order valence-electron chi connectivity index (χ1n) is 9.28. The minimum atomic E-state index is -3.62. The first-order valence-corrected chi connectivity index (χ1v) is 12.0. The summed E-state index contributed by atoms with van der Waals surface area (Å²) in [6, 6.07) is 22.5. The van der Waals surface area contributed by atoms with Crippen molar-refractivity contribution in [3.05, 3.63) is 72.8 Å². The summed E-state index contributed by atoms with van der Waals surface area (Å²) >= 11 is 1.61. The van der Waals surface area contributed by atoms with Gasteiger partial charge in [0, 0.05) is 16.0 Å². The van der Waals surface area contributed by atoms with Crippen LogP contribution in [-0.4, -0.2) is 30.1 Å². The Hall–Kier alpha value is -3.10. The highest BCUT2D eigenvalue weighted by molar-refractivity contribution is 7.99. The molecule has 0 saturated heterocycles. The maximum Gasteiger partial charge on any atom is 0.251 e. The third-order valence-corrected chi connectivity index (χ3v) is 7.03. The van der Waals surface area contributed by atoms with Gasteiger partial charge >= 0.3 is 0 Å². The molecule has 0 unspecified atom stereocenters. The standard InChI is InChI=1S/C22H17N3O3S2/c1-30(27,28)22-23-15-8-2-3-9-16(15)24(22)14-21(26)25-17-10-4-6-12-19(17)29-20-13-7-5-11-18(20)25/h2-13H,14H2,1H3. The van der Waals surface area contributed by atoms with E-state index in [2.05, 4.69) is 4.98 Å². The lowest BCUT2D eigenvalue weighted by atomic mass is 10.2. The summed E-state index contributed by atoms with van der Waals surface area (Å²) in [5, 5.41) is -0.106. The van der Waals surface area contributed by atoms with Gasteiger partial charge in [-0.25, -0.2) is 13.4 Å². The van der Waals surface area contributed by atoms with E-state index in [1.165, 1.54) is 4.57 Å². The van der Waals surface area contributed by atoms with Crippen LogP contribution >= 0.6 is 11.8 Å². The van der Waals surface area contributed by atoms with Crippen LogP contribution < -0.4 is 4.90 Å². The highest BCUT2D eigenvalue weighted by Crippen LogP contribution is 2.48. The van der Waals surface area contributed by atoms with Gasteiger partial charge in [-0.1, -0.05) is 48.2 Å². The molecular formula is C22H17N3O3S2. The fourth-order valence-electron chi connectivity index (χ4n) is 3.67. The number of hydrogen-bond donors (Lipinski definition) is 0. The van der Waals surface area contributed by atoms with Crippen LogP contribution in [0.3, 0.4) is 0 Å². The number of carbonyl (C=O) groups is 1. The molecule has 1 aromatic heterocycles. The Morgan fingerprint density at radius 1 is 0.900 bits per heavy atom. The first-order chi connectivity index (χ1) is 14.4. The molecular weight excluding hydrogens is 418 g/mol. The third kappa shape index (κ3) is 3.09. The topological polar surface area (TPSA) is 72.3 Å². The number of imidazole rings is 1. The fourth-order valence-corrected chi connectivity index (χ4v) is 5.55. The van der Waals surface area contributed by atoms with Gasteiger partial charge in [0.15, 0.2) is 0 Å². The number of amides is 1. The Kier molecular flexibility index (Phi) is 4.41. The van der Waals surface area contributed by atoms with Crippen LogP contribution in [0, 0.1) is 0 Å². The van der Waals surface area contributed by atoms with Crippen molar-refractivity contribution in [1.82, 2.24) is 9.55 Å². The van der Waals surface area contributed by atoms with Crippen molar-refractivity contribution in [3.63, 3.8) is 0 Å². The summed E-state index contributed by atoms with van der Waals surface area (Å²) in [4.78, 5) is 21.5. The molecule has 0 N–H and O–H groups in total. The number of carbonyl (C=O) groups excluding carboxylic acids is 1. The van der Waals surface area contributed by atoms with Gasteiger partial charge in [-0.15, -0.1) is 0 Å². The molecule has 2 heterocycles. The zero-order valence-electron chi connectivity index (χ0n) is 16.0. The highest BCUT2D eigenvalue weighted by Gasteiger charge is 2.29. The van der Waals surface area contributed by atoms with Crippen molar-refractivity contribution in [1.29, 1.82) is 0 Å². The molecule has 0 aliphatic carbocycles. The third-order valence-electron chi connectivity index (χ3n) is 4.93. The summed E-state index contributed by atoms with van der Waals surface area (Å²) in [6.45, 7) is -0.143. The lowest BCUT2D eigenvalue weighted by Gasteiger charge is -2.31. The van der Waals surface area contributed by atoms with E-state index in [1.54, 1.807) is 40.9 Å². The molecule has 3 aromatic carbocycles. The van der Waals surface area contributed by atoms with E-state index in [9.17, 15) is 13.2 Å². The Bertz CT molecular complexity index is 1360. The van der Waals surface area contributed by atoms with Gasteiger partial charge in [0.25, 0.3) is 5.91 Å². The minimum absolute atomic E-state index is 0.106. The van der Waals surface area contributed by atoms with Crippen LogP contribution in [-0.2, 0) is 21.2 Å². The number of rotatable bonds is 3. The second-order valence-electron chi connectivity index (χ2n) is 7.01. The van der Waals surface area contributed by atoms with Crippen molar-refractivity contribution >= 4 is 49.9 Å². The number of sulfone groups is 1. The maximum absolute atomic E-state index is 13.6.